The van der Waals surface area contributed by atoms with Crippen LogP contribution in [0.5, 0.6) is 0 Å². The molecule has 0 atom stereocenters. The zero-order chi connectivity index (χ0) is 11.7. The third-order valence-electron chi connectivity index (χ3n) is 2.29. The van der Waals surface area contributed by atoms with Gasteiger partial charge in [-0.05, 0) is 20.3 Å². The van der Waals surface area contributed by atoms with Gasteiger partial charge in [-0.15, -0.1) is 0 Å². The molecule has 1 aliphatic rings. The smallest absolute Gasteiger partial charge is 0.324 e. The highest BCUT2D eigenvalue weighted by Gasteiger charge is 2.35. The number of nitrogens with zero attached hydrogens (tertiary/aromatic N) is 1. The van der Waals surface area contributed by atoms with Gasteiger partial charge in [-0.25, -0.2) is 0 Å². The van der Waals surface area contributed by atoms with Crippen LogP contribution >= 0.6 is 0 Å². The molecule has 0 aromatic rings. The molecule has 88 valence electrons. The van der Waals surface area contributed by atoms with Crippen LogP contribution in [-0.4, -0.2) is 36.2 Å². The number of hydrogen-bond donors (Lipinski definition) is 1. The Balaban J connectivity index is 2.52. The van der Waals surface area contributed by atoms with Crippen molar-refractivity contribution in [2.45, 2.75) is 32.0 Å². The van der Waals surface area contributed by atoms with Gasteiger partial charge >= 0.3 is 6.18 Å². The fraction of sp³-hybridized carbons (Fsp3) is 0.800. The monoisotopic (exact) mass is 222 g/mol. The van der Waals surface area contributed by atoms with E-state index < -0.39 is 11.7 Å². The van der Waals surface area contributed by atoms with Crippen molar-refractivity contribution in [2.24, 2.45) is 5.73 Å². The molecule has 2 N–H and O–H groups in total. The third-order valence-corrected chi connectivity index (χ3v) is 2.29. The normalized spacial score (nSPS) is 20.3. The second kappa shape index (κ2) is 4.14. The minimum absolute atomic E-state index is 0.0690. The molecule has 2 nitrogen and oxygen atoms in total. The minimum atomic E-state index is -4.16. The van der Waals surface area contributed by atoms with E-state index in [9.17, 15) is 13.2 Å². The highest BCUT2D eigenvalue weighted by atomic mass is 19.4. The molecule has 5 heteroatoms. The minimum Gasteiger partial charge on any atom is -0.324 e. The molecule has 0 amide bonds. The second-order valence-electron chi connectivity index (χ2n) is 4.70. The van der Waals surface area contributed by atoms with Gasteiger partial charge in [-0.1, -0.05) is 6.08 Å². The Kier molecular flexibility index (Phi) is 3.45. The Labute approximate surface area is 87.9 Å². The van der Waals surface area contributed by atoms with Crippen molar-refractivity contribution in [3.05, 3.63) is 11.6 Å². The van der Waals surface area contributed by atoms with Crippen LogP contribution in [0.25, 0.3) is 0 Å². The van der Waals surface area contributed by atoms with E-state index in [0.29, 0.717) is 19.6 Å². The summed E-state index contributed by atoms with van der Waals surface area (Å²) in [6, 6.07) is 0. The molecule has 0 saturated carbocycles. The summed E-state index contributed by atoms with van der Waals surface area (Å²) in [5.74, 6) is 0. The van der Waals surface area contributed by atoms with Gasteiger partial charge in [0.1, 0.15) is 0 Å². The van der Waals surface area contributed by atoms with Gasteiger partial charge in [-0.2, -0.15) is 13.2 Å². The molecule has 0 aromatic heterocycles. The number of hydrogen-bond acceptors (Lipinski definition) is 2. The summed E-state index contributed by atoms with van der Waals surface area (Å²) in [7, 11) is 0. The zero-order valence-electron chi connectivity index (χ0n) is 9.06. The number of alkyl halides is 3. The molecule has 0 aliphatic carbocycles. The first-order chi connectivity index (χ1) is 6.68. The van der Waals surface area contributed by atoms with Crippen LogP contribution in [0.2, 0.25) is 0 Å². The first-order valence-electron chi connectivity index (χ1n) is 4.96. The molecular formula is C10H17F3N2. The van der Waals surface area contributed by atoms with Gasteiger partial charge in [0.05, 0.1) is 0 Å². The van der Waals surface area contributed by atoms with Crippen LogP contribution < -0.4 is 5.73 Å². The average molecular weight is 222 g/mol. The standard InChI is InChI=1S/C10H17F3N2/c1-9(2,14)7-15-5-3-8(4-6-15)10(11,12)13/h3H,4-7,14H2,1-2H3. The topological polar surface area (TPSA) is 29.3 Å². The molecule has 0 unspecified atom stereocenters. The van der Waals surface area contributed by atoms with Gasteiger partial charge in [0.15, 0.2) is 0 Å². The predicted molar refractivity (Wildman–Crippen MR) is 53.5 cm³/mol. The molecule has 0 fully saturated rings. The Morgan fingerprint density at radius 3 is 2.33 bits per heavy atom. The fourth-order valence-electron chi connectivity index (χ4n) is 1.69. The van der Waals surface area contributed by atoms with Crippen LogP contribution in [0.15, 0.2) is 11.6 Å². The largest absolute Gasteiger partial charge is 0.412 e. The highest BCUT2D eigenvalue weighted by Crippen LogP contribution is 2.30. The molecule has 1 aliphatic heterocycles. The summed E-state index contributed by atoms with van der Waals surface area (Å²) in [4.78, 5) is 1.94. The molecule has 1 rings (SSSR count). The van der Waals surface area contributed by atoms with E-state index in [4.69, 9.17) is 5.73 Å². The van der Waals surface area contributed by atoms with Gasteiger partial charge in [0.2, 0.25) is 0 Å². The predicted octanol–water partition coefficient (Wildman–Crippen LogP) is 1.92. The number of nitrogens with two attached hydrogens (primary N) is 1. The van der Waals surface area contributed by atoms with Crippen LogP contribution in [-0.2, 0) is 0 Å². The Hall–Kier alpha value is -0.550. The fourth-order valence-corrected chi connectivity index (χ4v) is 1.69. The lowest BCUT2D eigenvalue weighted by Gasteiger charge is -2.32. The maximum absolute atomic E-state index is 12.3. The SMILES string of the molecule is CC(C)(N)CN1CC=C(C(F)(F)F)CC1. The zero-order valence-corrected chi connectivity index (χ0v) is 9.06. The lowest BCUT2D eigenvalue weighted by molar-refractivity contribution is -0.0960. The van der Waals surface area contributed by atoms with E-state index in [1.54, 1.807) is 0 Å². The molecule has 1 heterocycles. The molecule has 0 radical (unpaired) electrons. The number of halogens is 3. The second-order valence-corrected chi connectivity index (χ2v) is 4.70. The lowest BCUT2D eigenvalue weighted by atomic mass is 10.0. The average Bonchev–Trinajstić information content (AvgIpc) is 2.00. The van der Waals surface area contributed by atoms with E-state index in [1.165, 1.54) is 6.08 Å². The van der Waals surface area contributed by atoms with Gasteiger partial charge < -0.3 is 5.73 Å². The first kappa shape index (κ1) is 12.5. The summed E-state index contributed by atoms with van der Waals surface area (Å²) in [6.45, 7) is 5.14. The van der Waals surface area contributed by atoms with Crippen molar-refractivity contribution in [2.75, 3.05) is 19.6 Å². The summed E-state index contributed by atoms with van der Waals surface area (Å²) < 4.78 is 36.9. The van der Waals surface area contributed by atoms with Crippen molar-refractivity contribution < 1.29 is 13.2 Å². The highest BCUT2D eigenvalue weighted by molar-refractivity contribution is 5.13. The quantitative estimate of drug-likeness (QED) is 0.723. The Bertz CT molecular complexity index is 250. The van der Waals surface area contributed by atoms with Crippen molar-refractivity contribution in [3.63, 3.8) is 0 Å². The van der Waals surface area contributed by atoms with Crippen LogP contribution in [0.4, 0.5) is 13.2 Å². The summed E-state index contributed by atoms with van der Waals surface area (Å²) >= 11 is 0. The van der Waals surface area contributed by atoms with Crippen LogP contribution in [0.3, 0.4) is 0 Å². The molecule has 0 saturated heterocycles. The maximum Gasteiger partial charge on any atom is 0.412 e. The Morgan fingerprint density at radius 2 is 2.00 bits per heavy atom. The molecule has 15 heavy (non-hydrogen) atoms. The van der Waals surface area contributed by atoms with E-state index in [0.717, 1.165) is 0 Å². The molecule has 0 spiro atoms. The van der Waals surface area contributed by atoms with Gasteiger partial charge in [0, 0.05) is 30.7 Å². The third kappa shape index (κ3) is 4.22. The van der Waals surface area contributed by atoms with E-state index in [-0.39, 0.29) is 12.0 Å². The summed E-state index contributed by atoms with van der Waals surface area (Å²) in [5, 5.41) is 0. The van der Waals surface area contributed by atoms with E-state index >= 15 is 0 Å². The van der Waals surface area contributed by atoms with Gasteiger partial charge in [-0.3, -0.25) is 4.90 Å². The Morgan fingerprint density at radius 1 is 1.40 bits per heavy atom. The van der Waals surface area contributed by atoms with Crippen molar-refractivity contribution in [3.8, 4) is 0 Å². The molecule has 0 aromatic carbocycles. The van der Waals surface area contributed by atoms with Crippen molar-refractivity contribution >= 4 is 0 Å². The van der Waals surface area contributed by atoms with E-state index in [2.05, 4.69) is 0 Å². The van der Waals surface area contributed by atoms with Crippen LogP contribution in [0.1, 0.15) is 20.3 Å². The lowest BCUT2D eigenvalue weighted by Crippen LogP contribution is -2.47. The first-order valence-corrected chi connectivity index (χ1v) is 4.96. The summed E-state index contributed by atoms with van der Waals surface area (Å²) in [6.07, 6.45) is -2.83. The van der Waals surface area contributed by atoms with E-state index in [1.807, 2.05) is 18.7 Å². The number of rotatable bonds is 2. The maximum atomic E-state index is 12.3. The molecule has 0 bridgehead atoms. The van der Waals surface area contributed by atoms with Crippen molar-refractivity contribution in [1.82, 2.24) is 4.90 Å². The van der Waals surface area contributed by atoms with Crippen molar-refractivity contribution in [1.29, 1.82) is 0 Å². The van der Waals surface area contributed by atoms with Crippen LogP contribution in [0, 0.1) is 0 Å². The summed E-state index contributed by atoms with van der Waals surface area (Å²) in [5.41, 5.74) is 5.04. The van der Waals surface area contributed by atoms with Gasteiger partial charge in [0.25, 0.3) is 0 Å². The molecular weight excluding hydrogens is 205 g/mol.